The van der Waals surface area contributed by atoms with Crippen LogP contribution in [0.3, 0.4) is 0 Å². The number of hydrogen-bond acceptors (Lipinski definition) is 3. The van der Waals surface area contributed by atoms with Crippen molar-refractivity contribution in [1.29, 1.82) is 0 Å². The Morgan fingerprint density at radius 2 is 1.90 bits per heavy atom. The van der Waals surface area contributed by atoms with Crippen molar-refractivity contribution in [3.8, 4) is 0 Å². The fraction of sp³-hybridized carbons (Fsp3) is 0.625. The molecule has 2 rings (SSSR count). The molecule has 2 unspecified atom stereocenters. The molecule has 1 aromatic rings. The van der Waals surface area contributed by atoms with Crippen molar-refractivity contribution < 1.29 is 8.42 Å². The van der Waals surface area contributed by atoms with E-state index >= 15 is 0 Å². The second-order valence-electron chi connectivity index (χ2n) is 5.78. The standard InChI is InChI=1S/C16H25NO2S/c1-3-17-16-6-4-5-14(16)11-12-20(18,19)15-9-7-13(2)8-10-15/h7-10,14,16-17H,3-6,11-12H2,1-2H3. The number of hydrogen-bond donors (Lipinski definition) is 1. The third-order valence-electron chi connectivity index (χ3n) is 4.26. The summed E-state index contributed by atoms with van der Waals surface area (Å²) in [6, 6.07) is 7.68. The molecule has 0 aromatic heterocycles. The zero-order chi connectivity index (χ0) is 14.6. The van der Waals surface area contributed by atoms with Crippen LogP contribution in [0, 0.1) is 12.8 Å². The Labute approximate surface area is 122 Å². The maximum absolute atomic E-state index is 12.3. The number of nitrogens with one attached hydrogen (secondary N) is 1. The van der Waals surface area contributed by atoms with E-state index in [1.54, 1.807) is 12.1 Å². The Morgan fingerprint density at radius 3 is 2.55 bits per heavy atom. The summed E-state index contributed by atoms with van der Waals surface area (Å²) in [7, 11) is -3.13. The van der Waals surface area contributed by atoms with E-state index in [4.69, 9.17) is 0 Å². The third kappa shape index (κ3) is 3.83. The van der Waals surface area contributed by atoms with Crippen LogP contribution in [0.5, 0.6) is 0 Å². The molecule has 0 heterocycles. The van der Waals surface area contributed by atoms with Crippen LogP contribution in [-0.4, -0.2) is 26.8 Å². The summed E-state index contributed by atoms with van der Waals surface area (Å²) in [5.74, 6) is 0.776. The average Bonchev–Trinajstić information content (AvgIpc) is 2.85. The molecule has 0 amide bonds. The fourth-order valence-electron chi connectivity index (χ4n) is 3.08. The monoisotopic (exact) mass is 295 g/mol. The van der Waals surface area contributed by atoms with Gasteiger partial charge in [0, 0.05) is 6.04 Å². The van der Waals surface area contributed by atoms with E-state index in [-0.39, 0.29) is 5.75 Å². The minimum absolute atomic E-state index is 0.266. The van der Waals surface area contributed by atoms with Crippen molar-refractivity contribution in [2.45, 2.75) is 50.5 Å². The number of sulfone groups is 1. The molecule has 1 aliphatic rings. The lowest BCUT2D eigenvalue weighted by Crippen LogP contribution is -2.33. The second-order valence-corrected chi connectivity index (χ2v) is 7.88. The average molecular weight is 295 g/mol. The lowest BCUT2D eigenvalue weighted by Gasteiger charge is -2.20. The van der Waals surface area contributed by atoms with Crippen molar-refractivity contribution in [3.05, 3.63) is 29.8 Å². The fourth-order valence-corrected chi connectivity index (χ4v) is 4.48. The Morgan fingerprint density at radius 1 is 1.20 bits per heavy atom. The maximum atomic E-state index is 12.3. The van der Waals surface area contributed by atoms with E-state index in [0.717, 1.165) is 24.9 Å². The number of benzene rings is 1. The molecular formula is C16H25NO2S. The number of rotatable bonds is 6. The molecule has 1 fully saturated rings. The van der Waals surface area contributed by atoms with Gasteiger partial charge in [-0.3, -0.25) is 0 Å². The number of aryl methyl sites for hydroxylation is 1. The highest BCUT2D eigenvalue weighted by molar-refractivity contribution is 7.91. The molecule has 0 radical (unpaired) electrons. The van der Waals surface area contributed by atoms with E-state index < -0.39 is 9.84 Å². The third-order valence-corrected chi connectivity index (χ3v) is 6.03. The van der Waals surface area contributed by atoms with E-state index in [9.17, 15) is 8.42 Å². The van der Waals surface area contributed by atoms with Crippen molar-refractivity contribution in [2.24, 2.45) is 5.92 Å². The van der Waals surface area contributed by atoms with Crippen molar-refractivity contribution in [1.82, 2.24) is 5.32 Å². The predicted octanol–water partition coefficient (Wildman–Crippen LogP) is 2.94. The van der Waals surface area contributed by atoms with Crippen molar-refractivity contribution >= 4 is 9.84 Å². The van der Waals surface area contributed by atoms with Crippen LogP contribution in [0.1, 0.15) is 38.2 Å². The largest absolute Gasteiger partial charge is 0.314 e. The van der Waals surface area contributed by atoms with Crippen LogP contribution < -0.4 is 5.32 Å². The summed E-state index contributed by atoms with van der Waals surface area (Å²) in [4.78, 5) is 0.459. The second kappa shape index (κ2) is 6.72. The van der Waals surface area contributed by atoms with Gasteiger partial charge in [0.15, 0.2) is 9.84 Å². The summed E-state index contributed by atoms with van der Waals surface area (Å²) in [6.07, 6.45) is 4.32. The van der Waals surface area contributed by atoms with E-state index in [2.05, 4.69) is 12.2 Å². The minimum Gasteiger partial charge on any atom is -0.314 e. The van der Waals surface area contributed by atoms with E-state index in [1.807, 2.05) is 19.1 Å². The van der Waals surface area contributed by atoms with Crippen LogP contribution in [0.4, 0.5) is 0 Å². The van der Waals surface area contributed by atoms with Crippen LogP contribution >= 0.6 is 0 Å². The molecule has 4 heteroatoms. The zero-order valence-corrected chi connectivity index (χ0v) is 13.2. The first-order valence-electron chi connectivity index (χ1n) is 7.55. The van der Waals surface area contributed by atoms with Gasteiger partial charge in [-0.15, -0.1) is 0 Å². The summed E-state index contributed by atoms with van der Waals surface area (Å²) in [5.41, 5.74) is 1.09. The van der Waals surface area contributed by atoms with Gasteiger partial charge in [0.2, 0.25) is 0 Å². The summed E-state index contributed by atoms with van der Waals surface area (Å²) in [5, 5.41) is 3.48. The first-order chi connectivity index (χ1) is 9.53. The van der Waals surface area contributed by atoms with E-state index in [1.165, 1.54) is 12.8 Å². The van der Waals surface area contributed by atoms with Crippen LogP contribution in [0.15, 0.2) is 29.2 Å². The van der Waals surface area contributed by atoms with Crippen molar-refractivity contribution in [3.63, 3.8) is 0 Å². The smallest absolute Gasteiger partial charge is 0.178 e. The summed E-state index contributed by atoms with van der Waals surface area (Å²) >= 11 is 0. The Hall–Kier alpha value is -0.870. The molecule has 1 saturated carbocycles. The van der Waals surface area contributed by atoms with Gasteiger partial charge < -0.3 is 5.32 Å². The maximum Gasteiger partial charge on any atom is 0.178 e. The molecule has 1 aromatic carbocycles. The van der Waals surface area contributed by atoms with Gasteiger partial charge in [0.05, 0.1) is 10.6 Å². The normalized spacial score (nSPS) is 23.1. The molecule has 112 valence electrons. The minimum atomic E-state index is -3.13. The lowest BCUT2D eigenvalue weighted by atomic mass is 10.0. The topological polar surface area (TPSA) is 46.2 Å². The molecule has 3 nitrogen and oxygen atoms in total. The highest BCUT2D eigenvalue weighted by Crippen LogP contribution is 2.29. The van der Waals surface area contributed by atoms with Gasteiger partial charge in [-0.05, 0) is 50.8 Å². The van der Waals surface area contributed by atoms with Gasteiger partial charge in [0.25, 0.3) is 0 Å². The Kier molecular flexibility index (Phi) is 5.22. The van der Waals surface area contributed by atoms with Crippen LogP contribution in [0.2, 0.25) is 0 Å². The van der Waals surface area contributed by atoms with Gasteiger partial charge >= 0.3 is 0 Å². The molecule has 1 N–H and O–H groups in total. The van der Waals surface area contributed by atoms with E-state index in [0.29, 0.717) is 16.9 Å². The van der Waals surface area contributed by atoms with Crippen LogP contribution in [-0.2, 0) is 9.84 Å². The highest BCUT2D eigenvalue weighted by Gasteiger charge is 2.28. The summed E-state index contributed by atoms with van der Waals surface area (Å²) < 4.78 is 24.7. The van der Waals surface area contributed by atoms with Crippen molar-refractivity contribution in [2.75, 3.05) is 12.3 Å². The first-order valence-corrected chi connectivity index (χ1v) is 9.21. The zero-order valence-electron chi connectivity index (χ0n) is 12.4. The van der Waals surface area contributed by atoms with Gasteiger partial charge in [-0.25, -0.2) is 8.42 Å². The SMILES string of the molecule is CCNC1CCCC1CCS(=O)(=O)c1ccc(C)cc1. The van der Waals surface area contributed by atoms with Gasteiger partial charge in [0.1, 0.15) is 0 Å². The molecule has 1 aliphatic carbocycles. The molecule has 0 bridgehead atoms. The molecule has 0 spiro atoms. The molecule has 0 saturated heterocycles. The predicted molar refractivity (Wildman–Crippen MR) is 82.7 cm³/mol. The Balaban J connectivity index is 1.97. The molecular weight excluding hydrogens is 270 g/mol. The van der Waals surface area contributed by atoms with Crippen LogP contribution in [0.25, 0.3) is 0 Å². The first kappa shape index (κ1) is 15.5. The van der Waals surface area contributed by atoms with Gasteiger partial charge in [-0.1, -0.05) is 31.0 Å². The van der Waals surface area contributed by atoms with Gasteiger partial charge in [-0.2, -0.15) is 0 Å². The molecule has 20 heavy (non-hydrogen) atoms. The quantitative estimate of drug-likeness (QED) is 0.877. The lowest BCUT2D eigenvalue weighted by molar-refractivity contribution is 0.398. The summed E-state index contributed by atoms with van der Waals surface area (Å²) in [6.45, 7) is 5.04. The molecule has 2 atom stereocenters. The molecule has 0 aliphatic heterocycles. The highest BCUT2D eigenvalue weighted by atomic mass is 32.2. The Bertz CT molecular complexity index is 522.